The molecule has 1 aliphatic rings. The molecule has 0 radical (unpaired) electrons. The van der Waals surface area contributed by atoms with Crippen molar-refractivity contribution < 1.29 is 9.32 Å². The van der Waals surface area contributed by atoms with Gasteiger partial charge in [0.2, 0.25) is 17.6 Å². The van der Waals surface area contributed by atoms with Gasteiger partial charge in [0.15, 0.2) is 0 Å². The Morgan fingerprint density at radius 3 is 3.24 bits per heavy atom. The fraction of sp³-hybridized carbons (Fsp3) is 0.364. The van der Waals surface area contributed by atoms with E-state index in [1.165, 1.54) is 0 Å². The monoisotopic (exact) mass is 249 g/mol. The molecule has 17 heavy (non-hydrogen) atoms. The van der Waals surface area contributed by atoms with Gasteiger partial charge in [0.25, 0.3) is 0 Å². The van der Waals surface area contributed by atoms with E-state index in [2.05, 4.69) is 15.5 Å². The van der Waals surface area contributed by atoms with Crippen molar-refractivity contribution in [3.63, 3.8) is 0 Å². The van der Waals surface area contributed by atoms with Crippen molar-refractivity contribution in [1.29, 1.82) is 0 Å². The third-order valence-corrected chi connectivity index (χ3v) is 3.49. The van der Waals surface area contributed by atoms with E-state index in [0.29, 0.717) is 11.7 Å². The second-order valence-corrected chi connectivity index (χ2v) is 4.73. The maximum absolute atomic E-state index is 11.7. The first-order chi connectivity index (χ1) is 8.34. The predicted molar refractivity (Wildman–Crippen MR) is 62.6 cm³/mol. The van der Waals surface area contributed by atoms with Crippen molar-refractivity contribution in [2.45, 2.75) is 18.8 Å². The smallest absolute Gasteiger partial charge is 0.239 e. The largest absolute Gasteiger partial charge is 0.355 e. The van der Waals surface area contributed by atoms with Gasteiger partial charge in [0, 0.05) is 17.5 Å². The Morgan fingerprint density at radius 1 is 1.53 bits per heavy atom. The highest BCUT2D eigenvalue weighted by molar-refractivity contribution is 7.08. The van der Waals surface area contributed by atoms with Gasteiger partial charge in [-0.2, -0.15) is 16.3 Å². The molecule has 0 saturated carbocycles. The minimum absolute atomic E-state index is 0.0169. The van der Waals surface area contributed by atoms with Crippen LogP contribution in [0.4, 0.5) is 0 Å². The van der Waals surface area contributed by atoms with Gasteiger partial charge < -0.3 is 9.84 Å². The summed E-state index contributed by atoms with van der Waals surface area (Å²) in [5.74, 6) is 0.670. The molecule has 0 aliphatic carbocycles. The molecule has 1 atom stereocenters. The van der Waals surface area contributed by atoms with Gasteiger partial charge >= 0.3 is 0 Å². The van der Waals surface area contributed by atoms with Gasteiger partial charge in [0.05, 0.1) is 0 Å². The number of thiophene rings is 1. The number of nitrogens with one attached hydrogen (secondary N) is 1. The zero-order chi connectivity index (χ0) is 11.7. The second kappa shape index (κ2) is 4.29. The Balaban J connectivity index is 1.87. The molecule has 88 valence electrons. The number of carbonyl (C=O) groups is 1. The molecule has 2 aromatic heterocycles. The fourth-order valence-electron chi connectivity index (χ4n) is 1.89. The lowest BCUT2D eigenvalue weighted by Gasteiger charge is -2.17. The van der Waals surface area contributed by atoms with Gasteiger partial charge in [-0.05, 0) is 24.3 Å². The van der Waals surface area contributed by atoms with E-state index < -0.39 is 0 Å². The van der Waals surface area contributed by atoms with E-state index in [4.69, 9.17) is 4.52 Å². The van der Waals surface area contributed by atoms with Gasteiger partial charge in [0.1, 0.15) is 5.92 Å². The summed E-state index contributed by atoms with van der Waals surface area (Å²) in [6, 6.07) is 1.93. The highest BCUT2D eigenvalue weighted by Crippen LogP contribution is 2.26. The second-order valence-electron chi connectivity index (χ2n) is 3.95. The third kappa shape index (κ3) is 1.95. The van der Waals surface area contributed by atoms with Crippen LogP contribution in [0.2, 0.25) is 0 Å². The third-order valence-electron chi connectivity index (χ3n) is 2.80. The van der Waals surface area contributed by atoms with Crippen molar-refractivity contribution in [3.05, 3.63) is 22.7 Å². The van der Waals surface area contributed by atoms with Crippen LogP contribution < -0.4 is 5.32 Å². The minimum Gasteiger partial charge on any atom is -0.355 e. The molecule has 0 bridgehead atoms. The summed E-state index contributed by atoms with van der Waals surface area (Å²) in [5, 5.41) is 10.6. The van der Waals surface area contributed by atoms with Crippen molar-refractivity contribution in [2.75, 3.05) is 6.54 Å². The molecule has 0 spiro atoms. The highest BCUT2D eigenvalue weighted by Gasteiger charge is 2.29. The van der Waals surface area contributed by atoms with E-state index in [9.17, 15) is 4.79 Å². The zero-order valence-electron chi connectivity index (χ0n) is 9.05. The van der Waals surface area contributed by atoms with Crippen LogP contribution in [0.3, 0.4) is 0 Å². The molecule has 1 amide bonds. The molecular weight excluding hydrogens is 238 g/mol. The normalized spacial score (nSPS) is 20.2. The van der Waals surface area contributed by atoms with Crippen LogP contribution in [0.1, 0.15) is 24.7 Å². The molecule has 2 aromatic rings. The molecular formula is C11H11N3O2S. The van der Waals surface area contributed by atoms with E-state index in [-0.39, 0.29) is 11.8 Å². The zero-order valence-corrected chi connectivity index (χ0v) is 9.87. The number of carbonyl (C=O) groups excluding carboxylic acids is 1. The summed E-state index contributed by atoms with van der Waals surface area (Å²) in [5.41, 5.74) is 0.932. The minimum atomic E-state index is -0.288. The standard InChI is InChI=1S/C11H11N3O2S/c15-10-8(2-1-4-12-10)11-13-9(14-16-11)7-3-5-17-6-7/h3,5-6,8H,1-2,4H2,(H,12,15). The van der Waals surface area contributed by atoms with Crippen LogP contribution in [0, 0.1) is 0 Å². The Kier molecular flexibility index (Phi) is 2.64. The first kappa shape index (κ1) is 10.5. The summed E-state index contributed by atoms with van der Waals surface area (Å²) in [6.07, 6.45) is 1.73. The van der Waals surface area contributed by atoms with Crippen molar-refractivity contribution in [2.24, 2.45) is 0 Å². The summed E-state index contributed by atoms with van der Waals surface area (Å²) >= 11 is 1.58. The van der Waals surface area contributed by atoms with Crippen LogP contribution >= 0.6 is 11.3 Å². The van der Waals surface area contributed by atoms with Gasteiger partial charge in [-0.15, -0.1) is 0 Å². The van der Waals surface area contributed by atoms with E-state index >= 15 is 0 Å². The first-order valence-corrected chi connectivity index (χ1v) is 6.43. The molecule has 1 saturated heterocycles. The lowest BCUT2D eigenvalue weighted by Crippen LogP contribution is -2.35. The summed E-state index contributed by atoms with van der Waals surface area (Å²) < 4.78 is 5.18. The van der Waals surface area contributed by atoms with E-state index in [0.717, 1.165) is 24.9 Å². The van der Waals surface area contributed by atoms with Crippen molar-refractivity contribution in [3.8, 4) is 11.4 Å². The number of hydrogen-bond donors (Lipinski definition) is 1. The molecule has 0 aromatic carbocycles. The van der Waals surface area contributed by atoms with E-state index in [1.54, 1.807) is 11.3 Å². The topological polar surface area (TPSA) is 68.0 Å². The number of rotatable bonds is 2. The SMILES string of the molecule is O=C1NCCCC1c1nc(-c2ccsc2)no1. The summed E-state index contributed by atoms with van der Waals surface area (Å²) in [7, 11) is 0. The van der Waals surface area contributed by atoms with Crippen LogP contribution in [-0.4, -0.2) is 22.6 Å². The van der Waals surface area contributed by atoms with Gasteiger partial charge in [-0.3, -0.25) is 4.79 Å². The van der Waals surface area contributed by atoms with Crippen LogP contribution in [0.5, 0.6) is 0 Å². The number of hydrogen-bond acceptors (Lipinski definition) is 5. The first-order valence-electron chi connectivity index (χ1n) is 5.48. The molecule has 3 rings (SSSR count). The average molecular weight is 249 g/mol. The predicted octanol–water partition coefficient (Wildman–Crippen LogP) is 1.79. The highest BCUT2D eigenvalue weighted by atomic mass is 32.1. The number of aromatic nitrogens is 2. The molecule has 1 aliphatic heterocycles. The summed E-state index contributed by atoms with van der Waals surface area (Å²) in [6.45, 7) is 0.737. The molecule has 3 heterocycles. The Labute approximate surface area is 102 Å². The van der Waals surface area contributed by atoms with Crippen molar-refractivity contribution >= 4 is 17.2 Å². The average Bonchev–Trinajstić information content (AvgIpc) is 3.00. The number of piperidine rings is 1. The van der Waals surface area contributed by atoms with Crippen molar-refractivity contribution in [1.82, 2.24) is 15.5 Å². The maximum Gasteiger partial charge on any atom is 0.239 e. The van der Waals surface area contributed by atoms with E-state index in [1.807, 2.05) is 16.8 Å². The lowest BCUT2D eigenvalue weighted by molar-refractivity contribution is -0.124. The Morgan fingerprint density at radius 2 is 2.47 bits per heavy atom. The summed E-state index contributed by atoms with van der Waals surface area (Å²) in [4.78, 5) is 15.9. The Hall–Kier alpha value is -1.69. The van der Waals surface area contributed by atoms with Crippen LogP contribution in [-0.2, 0) is 4.79 Å². The number of amides is 1. The number of nitrogens with zero attached hydrogens (tertiary/aromatic N) is 2. The molecule has 1 N–H and O–H groups in total. The van der Waals surface area contributed by atoms with Crippen LogP contribution in [0.15, 0.2) is 21.3 Å². The molecule has 1 fully saturated rings. The van der Waals surface area contributed by atoms with Gasteiger partial charge in [-0.25, -0.2) is 0 Å². The van der Waals surface area contributed by atoms with Crippen LogP contribution in [0.25, 0.3) is 11.4 Å². The quantitative estimate of drug-likeness (QED) is 0.881. The Bertz CT molecular complexity index is 521. The molecule has 5 nitrogen and oxygen atoms in total. The van der Waals surface area contributed by atoms with Gasteiger partial charge in [-0.1, -0.05) is 5.16 Å². The lowest BCUT2D eigenvalue weighted by atomic mass is 9.99. The maximum atomic E-state index is 11.7. The fourth-order valence-corrected chi connectivity index (χ4v) is 2.53. The molecule has 6 heteroatoms. The molecule has 1 unspecified atom stereocenters.